The summed E-state index contributed by atoms with van der Waals surface area (Å²) in [5, 5.41) is 9.23. The fraction of sp³-hybridized carbons (Fsp3) is 0.364. The monoisotopic (exact) mass is 1060 g/mol. The first-order valence-electron chi connectivity index (χ1n) is 21.1. The Hall–Kier alpha value is -4.93. The molecule has 0 saturated carbocycles. The van der Waals surface area contributed by atoms with Crippen LogP contribution in [-0.4, -0.2) is 119 Å². The summed E-state index contributed by atoms with van der Waals surface area (Å²) in [4.78, 5) is 10.4. The molecule has 4 aromatic carbocycles. The van der Waals surface area contributed by atoms with Crippen LogP contribution in [0.2, 0.25) is 0 Å². The van der Waals surface area contributed by atoms with E-state index in [1.807, 2.05) is 18.7 Å². The van der Waals surface area contributed by atoms with Gasteiger partial charge in [-0.05, 0) is 99.2 Å². The summed E-state index contributed by atoms with van der Waals surface area (Å²) in [5.41, 5.74) is 0.241. The number of hydrogen-bond acceptors (Lipinski definition) is 13. The summed E-state index contributed by atoms with van der Waals surface area (Å²) >= 11 is 0. The lowest BCUT2D eigenvalue weighted by molar-refractivity contribution is -0.441. The van der Waals surface area contributed by atoms with Crippen molar-refractivity contribution in [1.29, 1.82) is 0 Å². The molecule has 20 nitrogen and oxygen atoms in total. The Labute approximate surface area is 400 Å². The zero-order chi connectivity index (χ0) is 51.3. The van der Waals surface area contributed by atoms with Crippen LogP contribution in [-0.2, 0) is 71.0 Å². The van der Waals surface area contributed by atoms with Gasteiger partial charge in [-0.15, -0.1) is 0 Å². The number of methoxy groups -OCH3 is 1. The number of nitrogens with zero attached hydrogens (tertiary/aromatic N) is 2. The SMILES string of the molecule is COCC[N+]1=C(C=CC=CC=C2N(CCCCCC(=O)O)c3ccc4c(S(=O)(=O)O)cc(S(=O)(=O)O)cc4c3C2(C)CCCS(=O)(=O)O)C(C)(C)c2c1cc(S(=O)(=O)O)c1ccc(S(=O)(=O)O)cc21. The van der Waals surface area contributed by atoms with E-state index in [0.717, 1.165) is 18.2 Å². The molecule has 0 saturated heterocycles. The van der Waals surface area contributed by atoms with Crippen molar-refractivity contribution in [3.8, 4) is 0 Å². The Kier molecular flexibility index (Phi) is 15.0. The minimum atomic E-state index is -5.12. The third-order valence-electron chi connectivity index (χ3n) is 12.4. The van der Waals surface area contributed by atoms with Gasteiger partial charge < -0.3 is 14.7 Å². The lowest BCUT2D eigenvalue weighted by Crippen LogP contribution is -2.30. The number of hydrogen-bond donors (Lipinski definition) is 6. The summed E-state index contributed by atoms with van der Waals surface area (Å²) in [6, 6.07) is 9.16. The molecule has 25 heteroatoms. The van der Waals surface area contributed by atoms with Gasteiger partial charge in [0, 0.05) is 65.4 Å². The average Bonchev–Trinajstić information content (AvgIpc) is 3.58. The second kappa shape index (κ2) is 19.3. The molecule has 6 N–H and O–H groups in total. The molecule has 69 heavy (non-hydrogen) atoms. The largest absolute Gasteiger partial charge is 0.481 e. The third kappa shape index (κ3) is 11.2. The van der Waals surface area contributed by atoms with E-state index >= 15 is 0 Å². The highest BCUT2D eigenvalue weighted by Crippen LogP contribution is 2.54. The van der Waals surface area contributed by atoms with E-state index in [4.69, 9.17) is 4.74 Å². The lowest BCUT2D eigenvalue weighted by Gasteiger charge is -2.31. The molecule has 2 aliphatic rings. The zero-order valence-corrected chi connectivity index (χ0v) is 41.7. The van der Waals surface area contributed by atoms with Gasteiger partial charge in [0.15, 0.2) is 12.3 Å². The second-order valence-corrected chi connectivity index (χ2v) is 24.6. The zero-order valence-electron chi connectivity index (χ0n) is 37.6. The maximum Gasteiger partial charge on any atom is 0.303 e. The number of carboxylic acids is 1. The predicted octanol–water partition coefficient (Wildman–Crippen LogP) is 6.09. The topological polar surface area (TPSA) is 325 Å². The normalized spacial score (nSPS) is 18.4. The predicted molar refractivity (Wildman–Crippen MR) is 255 cm³/mol. The van der Waals surface area contributed by atoms with Crippen molar-refractivity contribution < 1.29 is 84.1 Å². The van der Waals surface area contributed by atoms with E-state index in [1.165, 1.54) is 25.3 Å². The first kappa shape index (κ1) is 53.4. The molecule has 0 spiro atoms. The average molecular weight is 1060 g/mol. The summed E-state index contributed by atoms with van der Waals surface area (Å²) < 4.78 is 182. The van der Waals surface area contributed by atoms with Gasteiger partial charge in [0.1, 0.15) is 16.4 Å². The number of aliphatic carboxylic acids is 1. The Balaban J connectivity index is 1.54. The fourth-order valence-corrected chi connectivity index (χ4v) is 12.5. The Morgan fingerprint density at radius 1 is 0.681 bits per heavy atom. The number of benzene rings is 4. The number of ether oxygens (including phenoxy) is 1. The number of carboxylic acid groups (broad SMARTS) is 1. The molecule has 374 valence electrons. The minimum absolute atomic E-state index is 0.00000000252. The summed E-state index contributed by atoms with van der Waals surface area (Å²) in [6.45, 7) is 5.83. The molecule has 2 heterocycles. The van der Waals surface area contributed by atoms with Gasteiger partial charge in [-0.25, -0.2) is 0 Å². The van der Waals surface area contributed by atoms with Crippen LogP contribution in [0.25, 0.3) is 21.5 Å². The molecule has 2 aliphatic heterocycles. The van der Waals surface area contributed by atoms with Gasteiger partial charge >= 0.3 is 5.97 Å². The highest BCUT2D eigenvalue weighted by Gasteiger charge is 2.48. The molecule has 1 unspecified atom stereocenters. The fourth-order valence-electron chi connectivity index (χ4n) is 9.46. The summed E-state index contributed by atoms with van der Waals surface area (Å²) in [7, 11) is -22.9. The van der Waals surface area contributed by atoms with Gasteiger partial charge in [0.05, 0.1) is 21.0 Å². The first-order valence-corrected chi connectivity index (χ1v) is 28.5. The van der Waals surface area contributed by atoms with Crippen LogP contribution in [0.3, 0.4) is 0 Å². The molecule has 0 aromatic heterocycles. The number of unbranched alkanes of at least 4 members (excludes halogenated alkanes) is 2. The lowest BCUT2D eigenvalue weighted by atomic mass is 9.75. The second-order valence-electron chi connectivity index (χ2n) is 17.4. The van der Waals surface area contributed by atoms with E-state index < -0.39 is 92.7 Å². The molecular weight excluding hydrogens is 1000 g/mol. The number of carbonyl (C=O) groups is 1. The van der Waals surface area contributed by atoms with Gasteiger partial charge in [-0.2, -0.15) is 46.7 Å². The molecule has 4 aromatic rings. The van der Waals surface area contributed by atoms with Crippen LogP contribution < -0.4 is 4.90 Å². The quantitative estimate of drug-likeness (QED) is 0.0252. The van der Waals surface area contributed by atoms with Crippen molar-refractivity contribution in [2.24, 2.45) is 0 Å². The molecule has 1 atom stereocenters. The van der Waals surface area contributed by atoms with E-state index in [0.29, 0.717) is 59.2 Å². The third-order valence-corrected chi connectivity index (χ3v) is 16.7. The van der Waals surface area contributed by atoms with Gasteiger partial charge in [-0.3, -0.25) is 27.6 Å². The van der Waals surface area contributed by atoms with E-state index in [9.17, 15) is 74.8 Å². The van der Waals surface area contributed by atoms with Crippen molar-refractivity contribution in [2.75, 3.05) is 37.5 Å². The van der Waals surface area contributed by atoms with Crippen molar-refractivity contribution in [3.05, 3.63) is 95.7 Å². The van der Waals surface area contributed by atoms with Crippen LogP contribution in [0.1, 0.15) is 70.4 Å². The highest BCUT2D eigenvalue weighted by atomic mass is 32.2. The molecule has 6 rings (SSSR count). The Morgan fingerprint density at radius 2 is 1.28 bits per heavy atom. The summed E-state index contributed by atoms with van der Waals surface area (Å²) in [5.74, 6) is -1.68. The van der Waals surface area contributed by atoms with Crippen molar-refractivity contribution >= 4 is 95.2 Å². The standard InChI is InChI=1S/C44H50N2O18S5/c1-43(2)38(46(21-22-64-4)35-27-37(69(61,62)63)30-16-15-28(66(52,53)54)24-32(30)41(35)43)12-7-5-8-13-39-44(3,19-11-23-65(49,50)51)42-33-25-29(67(55,56)57)26-36(68(58,59)60)31(33)17-18-34(42)45(39)20-10-6-9-14-40(47)48/h5,7-8,12-13,15-18,24-27H,6,9-11,14,19-23H2,1-4H3,(H5-,47,48,49,50,51,52,53,54,55,56,57,58,59,60,61,62,63)/p+1. The highest BCUT2D eigenvalue weighted by molar-refractivity contribution is 7.87. The number of allylic oxidation sites excluding steroid dienone is 6. The van der Waals surface area contributed by atoms with Gasteiger partial charge in [0.25, 0.3) is 50.6 Å². The maximum atomic E-state index is 12.8. The van der Waals surface area contributed by atoms with E-state index in [2.05, 4.69) is 0 Å². The van der Waals surface area contributed by atoms with Gasteiger partial charge in [0.2, 0.25) is 5.69 Å². The molecule has 0 aliphatic carbocycles. The van der Waals surface area contributed by atoms with Crippen molar-refractivity contribution in [3.63, 3.8) is 0 Å². The molecular formula is C44H51N2O18S5+. The number of anilines is 1. The molecule has 0 radical (unpaired) electrons. The Bertz CT molecular complexity index is 3490. The van der Waals surface area contributed by atoms with Crippen LogP contribution in [0.15, 0.2) is 104 Å². The number of rotatable bonds is 20. The van der Waals surface area contributed by atoms with Crippen LogP contribution in [0.5, 0.6) is 0 Å². The number of fused-ring (bicyclic) bond motifs is 6. The van der Waals surface area contributed by atoms with Crippen LogP contribution in [0, 0.1) is 0 Å². The van der Waals surface area contributed by atoms with E-state index in [1.54, 1.807) is 47.9 Å². The smallest absolute Gasteiger partial charge is 0.303 e. The Morgan fingerprint density at radius 3 is 1.86 bits per heavy atom. The molecule has 0 bridgehead atoms. The first-order chi connectivity index (χ1) is 31.8. The summed E-state index contributed by atoms with van der Waals surface area (Å²) in [6.07, 6.45) is 9.19. The van der Waals surface area contributed by atoms with Crippen LogP contribution in [0.4, 0.5) is 11.4 Å². The van der Waals surface area contributed by atoms with Crippen LogP contribution >= 0.6 is 0 Å². The van der Waals surface area contributed by atoms with Gasteiger partial charge in [-0.1, -0.05) is 36.8 Å². The molecule has 0 amide bonds. The molecule has 0 fully saturated rings. The maximum absolute atomic E-state index is 12.8. The van der Waals surface area contributed by atoms with E-state index in [-0.39, 0.29) is 60.5 Å². The van der Waals surface area contributed by atoms with Crippen molar-refractivity contribution in [2.45, 2.75) is 89.7 Å². The van der Waals surface area contributed by atoms with Crippen molar-refractivity contribution in [1.82, 2.24) is 0 Å². The minimum Gasteiger partial charge on any atom is -0.481 e.